The second-order valence-corrected chi connectivity index (χ2v) is 8.36. The van der Waals surface area contributed by atoms with Crippen LogP contribution in [0.3, 0.4) is 0 Å². The van der Waals surface area contributed by atoms with Gasteiger partial charge in [0.1, 0.15) is 16.3 Å². The molecule has 169 valence electrons. The molecule has 3 aromatic carbocycles. The summed E-state index contributed by atoms with van der Waals surface area (Å²) in [5.74, 6) is 0. The van der Waals surface area contributed by atoms with Crippen LogP contribution in [0, 0.1) is 0 Å². The number of aromatic nitrogens is 1. The Morgan fingerprint density at radius 3 is 2.18 bits per heavy atom. The number of fused-ring (bicyclic) bond motifs is 1. The van der Waals surface area contributed by atoms with Crippen molar-refractivity contribution in [1.82, 2.24) is 4.98 Å². The molecule has 0 atom stereocenters. The van der Waals surface area contributed by atoms with Crippen LogP contribution in [0.25, 0.3) is 22.0 Å². The van der Waals surface area contributed by atoms with Crippen LogP contribution < -0.4 is 5.73 Å². The number of anilines is 1. The first-order valence-electron chi connectivity index (χ1n) is 9.39. The average molecular weight is 495 g/mol. The fourth-order valence-corrected chi connectivity index (χ4v) is 4.03. The van der Waals surface area contributed by atoms with Crippen molar-refractivity contribution < 1.29 is 26.1 Å². The van der Waals surface area contributed by atoms with Crippen molar-refractivity contribution in [3.63, 3.8) is 0 Å². The second kappa shape index (κ2) is 9.80. The number of hydrogen-bond donors (Lipinski definition) is 2. The Labute approximate surface area is 214 Å². The van der Waals surface area contributed by atoms with Crippen LogP contribution in [0.15, 0.2) is 88.1 Å². The summed E-state index contributed by atoms with van der Waals surface area (Å²) in [6, 6.07) is 15.3. The van der Waals surface area contributed by atoms with Crippen LogP contribution in [0.4, 0.5) is 30.2 Å². The molecule has 0 aliphatic carbocycles. The molecular formula is C22H15F3N4NaO3S. The van der Waals surface area contributed by atoms with Crippen LogP contribution in [0.5, 0.6) is 0 Å². The topological polar surface area (TPSA) is 118 Å². The Bertz CT molecular complexity index is 1490. The number of nitrogen functional groups attached to an aromatic ring is 1. The van der Waals surface area contributed by atoms with Gasteiger partial charge in [0.05, 0.1) is 23.1 Å². The molecule has 0 spiro atoms. The number of halogens is 3. The number of nitrogens with zero attached hydrogens (tertiary/aromatic N) is 3. The number of alkyl halides is 3. The van der Waals surface area contributed by atoms with Crippen LogP contribution in [0.2, 0.25) is 0 Å². The summed E-state index contributed by atoms with van der Waals surface area (Å²) >= 11 is 0. The largest absolute Gasteiger partial charge is 0.417 e. The first-order valence-corrected chi connectivity index (χ1v) is 10.8. The molecule has 4 rings (SSSR count). The van der Waals surface area contributed by atoms with E-state index in [4.69, 9.17) is 5.73 Å². The molecule has 0 saturated carbocycles. The zero-order valence-corrected chi connectivity index (χ0v) is 20.5. The van der Waals surface area contributed by atoms with Gasteiger partial charge in [-0.25, -0.2) is 0 Å². The van der Waals surface area contributed by atoms with E-state index >= 15 is 0 Å². The van der Waals surface area contributed by atoms with Gasteiger partial charge in [-0.2, -0.15) is 21.6 Å². The summed E-state index contributed by atoms with van der Waals surface area (Å²) in [5, 5.41) is 8.51. The molecular weight excluding hydrogens is 480 g/mol. The fraction of sp³-hybridized carbons (Fsp3) is 0.0455. The van der Waals surface area contributed by atoms with Gasteiger partial charge >= 0.3 is 6.18 Å². The van der Waals surface area contributed by atoms with Crippen molar-refractivity contribution >= 4 is 67.5 Å². The smallest absolute Gasteiger partial charge is 0.396 e. The first kappa shape index (κ1) is 25.8. The molecule has 0 saturated heterocycles. The molecule has 1 radical (unpaired) electrons. The van der Waals surface area contributed by atoms with Gasteiger partial charge in [0, 0.05) is 45.9 Å². The van der Waals surface area contributed by atoms with Gasteiger partial charge in [-0.15, -0.1) is 10.2 Å². The molecule has 0 aliphatic rings. The number of hydrogen-bond acceptors (Lipinski definition) is 6. The summed E-state index contributed by atoms with van der Waals surface area (Å²) in [6.07, 6.45) is -3.30. The van der Waals surface area contributed by atoms with Crippen molar-refractivity contribution in [1.29, 1.82) is 0 Å². The van der Waals surface area contributed by atoms with Crippen molar-refractivity contribution in [2.45, 2.75) is 11.1 Å². The van der Waals surface area contributed by atoms with Crippen molar-refractivity contribution in [2.75, 3.05) is 5.73 Å². The Hall–Kier alpha value is -2.83. The normalized spacial score (nSPS) is 12.1. The average Bonchev–Trinajstić information content (AvgIpc) is 2.78. The second-order valence-electron chi connectivity index (χ2n) is 6.97. The molecule has 4 aromatic rings. The molecule has 0 fully saturated rings. The van der Waals surface area contributed by atoms with E-state index in [2.05, 4.69) is 15.2 Å². The molecule has 0 amide bonds. The maximum Gasteiger partial charge on any atom is 0.417 e. The van der Waals surface area contributed by atoms with Gasteiger partial charge in [0.15, 0.2) is 0 Å². The monoisotopic (exact) mass is 495 g/mol. The van der Waals surface area contributed by atoms with E-state index < -0.39 is 21.9 Å². The zero-order valence-electron chi connectivity index (χ0n) is 17.7. The minimum atomic E-state index is -4.57. The molecule has 0 unspecified atom stereocenters. The summed E-state index contributed by atoms with van der Waals surface area (Å²) in [4.78, 5) is 3.67. The van der Waals surface area contributed by atoms with Gasteiger partial charge in [-0.05, 0) is 24.3 Å². The van der Waals surface area contributed by atoms with E-state index in [9.17, 15) is 26.1 Å². The molecule has 7 nitrogen and oxygen atoms in total. The van der Waals surface area contributed by atoms with E-state index in [-0.39, 0.29) is 68.2 Å². The number of benzene rings is 3. The fourth-order valence-electron chi connectivity index (χ4n) is 3.32. The Balaban J connectivity index is 0.00000324. The predicted octanol–water partition coefficient (Wildman–Crippen LogP) is 5.78. The summed E-state index contributed by atoms with van der Waals surface area (Å²) in [6.45, 7) is 0. The number of pyridine rings is 1. The minimum Gasteiger partial charge on any atom is -0.396 e. The molecule has 1 aromatic heterocycles. The van der Waals surface area contributed by atoms with E-state index in [0.717, 1.165) is 12.1 Å². The number of nitrogens with two attached hydrogens (primary N) is 1. The van der Waals surface area contributed by atoms with E-state index in [1.807, 2.05) is 0 Å². The first-order chi connectivity index (χ1) is 15.6. The van der Waals surface area contributed by atoms with Crippen LogP contribution in [-0.4, -0.2) is 47.5 Å². The van der Waals surface area contributed by atoms with Gasteiger partial charge < -0.3 is 5.73 Å². The number of azo groups is 1. The maximum absolute atomic E-state index is 13.3. The molecule has 34 heavy (non-hydrogen) atoms. The molecule has 0 aliphatic heterocycles. The van der Waals surface area contributed by atoms with Crippen molar-refractivity contribution in [3.05, 3.63) is 78.5 Å². The van der Waals surface area contributed by atoms with Gasteiger partial charge in [0.2, 0.25) is 0 Å². The summed E-state index contributed by atoms with van der Waals surface area (Å²) in [5.41, 5.74) is 5.64. The third-order valence-electron chi connectivity index (χ3n) is 4.83. The maximum atomic E-state index is 13.3. The molecule has 3 N–H and O–H groups in total. The quantitative estimate of drug-likeness (QED) is 0.161. The van der Waals surface area contributed by atoms with Crippen LogP contribution in [0.1, 0.15) is 5.56 Å². The van der Waals surface area contributed by atoms with Crippen LogP contribution >= 0.6 is 0 Å². The SMILES string of the molecule is Nc1c(N=Nc2ccc(-c3ccccc3C(F)(F)F)nc2)cc(S(=O)(=O)O)c2ccccc12.[Na]. The van der Waals surface area contributed by atoms with Crippen molar-refractivity contribution in [3.8, 4) is 11.3 Å². The van der Waals surface area contributed by atoms with E-state index in [1.165, 1.54) is 42.6 Å². The van der Waals surface area contributed by atoms with E-state index in [0.29, 0.717) is 5.39 Å². The van der Waals surface area contributed by atoms with Gasteiger partial charge in [-0.3, -0.25) is 9.54 Å². The van der Waals surface area contributed by atoms with Gasteiger partial charge in [-0.1, -0.05) is 42.5 Å². The Kier molecular flexibility index (Phi) is 7.44. The zero-order chi connectivity index (χ0) is 23.8. The Morgan fingerprint density at radius 1 is 0.912 bits per heavy atom. The van der Waals surface area contributed by atoms with E-state index in [1.54, 1.807) is 18.2 Å². The standard InChI is InChI=1S/C22H15F3N4O3S.Na/c23-22(24,25)17-8-4-3-7-16(17)18-10-9-13(12-27-18)28-29-19-11-20(33(30,31)32)14-5-1-2-6-15(14)21(19)26;/h1-12H,26H2,(H,30,31,32);. The Morgan fingerprint density at radius 2 is 1.56 bits per heavy atom. The third-order valence-corrected chi connectivity index (χ3v) is 5.73. The molecule has 1 heterocycles. The molecule has 0 bridgehead atoms. The van der Waals surface area contributed by atoms with Crippen molar-refractivity contribution in [2.24, 2.45) is 10.2 Å². The third kappa shape index (κ3) is 5.29. The number of rotatable bonds is 4. The summed E-state index contributed by atoms with van der Waals surface area (Å²) in [7, 11) is -4.57. The summed E-state index contributed by atoms with van der Waals surface area (Å²) < 4.78 is 72.9. The van der Waals surface area contributed by atoms with Crippen LogP contribution in [-0.2, 0) is 16.3 Å². The minimum absolute atomic E-state index is 0. The molecule has 12 heteroatoms. The predicted molar refractivity (Wildman–Crippen MR) is 123 cm³/mol. The van der Waals surface area contributed by atoms with Gasteiger partial charge in [0.25, 0.3) is 10.1 Å².